The van der Waals surface area contributed by atoms with Gasteiger partial charge in [-0.2, -0.15) is 0 Å². The molecule has 3 heterocycles. The Morgan fingerprint density at radius 3 is 2.27 bits per heavy atom. The van der Waals surface area contributed by atoms with E-state index in [0.29, 0.717) is 12.8 Å². The van der Waals surface area contributed by atoms with Crippen LogP contribution in [0.15, 0.2) is 4.99 Å². The van der Waals surface area contributed by atoms with Gasteiger partial charge in [0.15, 0.2) is 24.8 Å². The fourth-order valence-corrected chi connectivity index (χ4v) is 5.90. The number of rotatable bonds is 8. The minimum atomic E-state index is -1.50. The van der Waals surface area contributed by atoms with Crippen LogP contribution in [0.5, 0.6) is 0 Å². The van der Waals surface area contributed by atoms with E-state index in [0.717, 1.165) is 0 Å². The summed E-state index contributed by atoms with van der Waals surface area (Å²) in [5.74, 6) is -0.242. The monoisotopic (exact) mass is 579 g/mol. The molecule has 16 N–H and O–H groups in total. The van der Waals surface area contributed by atoms with Gasteiger partial charge in [-0.3, -0.25) is 4.99 Å². The van der Waals surface area contributed by atoms with Gasteiger partial charge in [0.25, 0.3) is 0 Å². The Morgan fingerprint density at radius 1 is 0.925 bits per heavy atom. The number of likely N-dealkylation sites (N-methyl/N-ethyl adjacent to an activating group) is 1. The molecule has 1 aliphatic carbocycles. The van der Waals surface area contributed by atoms with Crippen molar-refractivity contribution in [2.45, 2.75) is 117 Å². The van der Waals surface area contributed by atoms with Gasteiger partial charge in [0.05, 0.1) is 43.5 Å². The van der Waals surface area contributed by atoms with Crippen molar-refractivity contribution in [1.82, 2.24) is 5.32 Å². The molecule has 0 aromatic rings. The molecular weight excluding hydrogens is 534 g/mol. The Balaban J connectivity index is 1.45. The summed E-state index contributed by atoms with van der Waals surface area (Å²) in [6.45, 7) is -0.768. The average Bonchev–Trinajstić information content (AvgIpc) is 2.88. The Bertz CT molecular complexity index is 860. The Morgan fingerprint density at radius 2 is 1.65 bits per heavy atom. The van der Waals surface area contributed by atoms with Gasteiger partial charge in [-0.15, -0.1) is 0 Å². The molecule has 17 nitrogen and oxygen atoms in total. The Hall–Kier alpha value is -1.29. The van der Waals surface area contributed by atoms with E-state index in [1.165, 1.54) is 0 Å². The normalized spacial score (nSPS) is 49.7. The number of aliphatic imine (C=N–C) groups is 1. The third-order valence-corrected chi connectivity index (χ3v) is 8.09. The number of ether oxygens (including phenoxy) is 5. The van der Waals surface area contributed by atoms with Crippen molar-refractivity contribution in [3.63, 3.8) is 0 Å². The first-order chi connectivity index (χ1) is 18.9. The first kappa shape index (κ1) is 31.6. The fraction of sp³-hybridized carbons (Fsp3) is 0.957. The largest absolute Gasteiger partial charge is 0.393 e. The molecule has 0 amide bonds. The third kappa shape index (κ3) is 6.68. The number of nitrogens with zero attached hydrogens (tertiary/aromatic N) is 1. The highest BCUT2D eigenvalue weighted by Crippen LogP contribution is 2.37. The molecule has 4 rings (SSSR count). The van der Waals surface area contributed by atoms with Crippen LogP contribution in [0.3, 0.4) is 0 Å². The van der Waals surface area contributed by atoms with Crippen LogP contribution in [-0.4, -0.2) is 143 Å². The van der Waals surface area contributed by atoms with Gasteiger partial charge < -0.3 is 83.2 Å². The maximum absolute atomic E-state index is 11.3. The third-order valence-electron chi connectivity index (χ3n) is 8.09. The molecule has 0 aromatic carbocycles. The quantitative estimate of drug-likeness (QED) is 0.0941. The van der Waals surface area contributed by atoms with Gasteiger partial charge in [-0.25, -0.2) is 0 Å². The second-order valence-corrected chi connectivity index (χ2v) is 11.2. The minimum absolute atomic E-state index is 0.162. The molecule has 4 aliphatic rings. The molecule has 3 aliphatic heterocycles. The van der Waals surface area contributed by atoms with Crippen molar-refractivity contribution in [1.29, 1.82) is 0 Å². The van der Waals surface area contributed by atoms with E-state index in [-0.39, 0.29) is 31.4 Å². The van der Waals surface area contributed by atoms with E-state index < -0.39 is 91.9 Å². The van der Waals surface area contributed by atoms with Gasteiger partial charge >= 0.3 is 0 Å². The summed E-state index contributed by atoms with van der Waals surface area (Å²) >= 11 is 0. The van der Waals surface area contributed by atoms with E-state index in [1.54, 1.807) is 7.05 Å². The zero-order chi connectivity index (χ0) is 29.4. The van der Waals surface area contributed by atoms with Crippen molar-refractivity contribution in [3.8, 4) is 0 Å². The number of aliphatic hydroxyl groups is 5. The number of hydrogen-bond donors (Lipinski definition) is 11. The maximum atomic E-state index is 11.3. The summed E-state index contributed by atoms with van der Waals surface area (Å²) in [7, 11) is 1.57. The zero-order valence-electron chi connectivity index (χ0n) is 22.4. The molecular formula is C23H45N7O10. The molecule has 0 radical (unpaired) electrons. The Kier molecular flexibility index (Phi) is 10.2. The van der Waals surface area contributed by atoms with E-state index >= 15 is 0 Å². The number of nitrogens with two attached hydrogens (primary N) is 5. The predicted octanol–water partition coefficient (Wildman–Crippen LogP) is -6.21. The van der Waals surface area contributed by atoms with E-state index in [1.807, 2.05) is 0 Å². The maximum Gasteiger partial charge on any atom is 0.189 e. The Labute approximate surface area is 231 Å². The van der Waals surface area contributed by atoms with Crippen LogP contribution in [0.4, 0.5) is 0 Å². The van der Waals surface area contributed by atoms with Crippen LogP contribution >= 0.6 is 0 Å². The molecule has 232 valence electrons. The lowest BCUT2D eigenvalue weighted by Gasteiger charge is -2.51. The van der Waals surface area contributed by atoms with Crippen molar-refractivity contribution < 1.29 is 49.2 Å². The highest BCUT2D eigenvalue weighted by molar-refractivity contribution is 5.75. The van der Waals surface area contributed by atoms with Crippen LogP contribution in [0, 0.1) is 0 Å². The highest BCUT2D eigenvalue weighted by atomic mass is 16.8. The van der Waals surface area contributed by atoms with Gasteiger partial charge in [-0.1, -0.05) is 0 Å². The standard InChI is InChI=1S/C23H45N7O10/c1-29-14-16(35)18-13(4-10(26)19(38-18)37-17-9(25)2-8(24)3-11(17)32)36-20(14)39-21-15(34)12(33)5-23(7-31,40-21)6-30-22(27)28/h8-21,29,31-35H,2-7,24-26H2,1H3,(H4,27,28,30)/t8?,9?,10?,11-,12?,13+,14?,15?,16?,17-,18?,19+,20?,21+,23?/m1/s1. The van der Waals surface area contributed by atoms with Gasteiger partial charge in [-0.05, 0) is 26.3 Å². The number of hydrogen-bond acceptors (Lipinski definition) is 15. The number of fused-ring (bicyclic) bond motifs is 1. The first-order valence-electron chi connectivity index (χ1n) is 13.5. The predicted molar refractivity (Wildman–Crippen MR) is 138 cm³/mol. The van der Waals surface area contributed by atoms with E-state index in [4.69, 9.17) is 52.4 Å². The minimum Gasteiger partial charge on any atom is -0.393 e. The fourth-order valence-electron chi connectivity index (χ4n) is 5.90. The highest BCUT2D eigenvalue weighted by Gasteiger charge is 2.54. The van der Waals surface area contributed by atoms with Crippen LogP contribution in [0.2, 0.25) is 0 Å². The van der Waals surface area contributed by atoms with Crippen LogP contribution in [0.1, 0.15) is 25.7 Å². The van der Waals surface area contributed by atoms with Crippen molar-refractivity contribution >= 4 is 5.96 Å². The molecule has 40 heavy (non-hydrogen) atoms. The number of nitrogens with one attached hydrogen (secondary N) is 1. The summed E-state index contributed by atoms with van der Waals surface area (Å²) < 4.78 is 30.0. The molecule has 15 atom stereocenters. The second-order valence-electron chi connectivity index (χ2n) is 11.2. The van der Waals surface area contributed by atoms with Crippen LogP contribution in [0.25, 0.3) is 0 Å². The smallest absolute Gasteiger partial charge is 0.189 e. The van der Waals surface area contributed by atoms with E-state index in [2.05, 4.69) is 10.3 Å². The van der Waals surface area contributed by atoms with Crippen molar-refractivity contribution in [2.75, 3.05) is 20.2 Å². The summed E-state index contributed by atoms with van der Waals surface area (Å²) in [5, 5.41) is 55.8. The van der Waals surface area contributed by atoms with E-state index in [9.17, 15) is 25.5 Å². The van der Waals surface area contributed by atoms with Crippen molar-refractivity contribution in [3.05, 3.63) is 0 Å². The first-order valence-corrected chi connectivity index (χ1v) is 13.5. The molecule has 0 bridgehead atoms. The summed E-state index contributed by atoms with van der Waals surface area (Å²) in [4.78, 5) is 3.88. The number of guanidine groups is 1. The average molecular weight is 580 g/mol. The molecule has 4 fully saturated rings. The SMILES string of the molecule is CNC1C(O[C@H]2OC(CO)(CN=C(N)N)CC(O)C2O)O[C@H]2CC(N)[C@@H](O[C@@H]3C(N)CC(N)C[C@H]3O)OC2C1O. The lowest BCUT2D eigenvalue weighted by atomic mass is 9.86. The lowest BCUT2D eigenvalue weighted by Crippen LogP contribution is -2.69. The summed E-state index contributed by atoms with van der Waals surface area (Å²) in [6.07, 6.45) is -10.1. The van der Waals surface area contributed by atoms with Crippen molar-refractivity contribution in [2.24, 2.45) is 33.7 Å². The molecule has 0 spiro atoms. The molecule has 10 unspecified atom stereocenters. The molecule has 3 saturated heterocycles. The van der Waals surface area contributed by atoms with Gasteiger partial charge in [0, 0.05) is 18.5 Å². The van der Waals surface area contributed by atoms with Gasteiger partial charge in [0.2, 0.25) is 0 Å². The number of aliphatic hydroxyl groups excluding tert-OH is 5. The molecule has 1 saturated carbocycles. The topological polar surface area (TPSA) is 302 Å². The van der Waals surface area contributed by atoms with Gasteiger partial charge in [0.1, 0.15) is 30.0 Å². The molecule has 0 aromatic heterocycles. The lowest BCUT2D eigenvalue weighted by molar-refractivity contribution is -0.380. The zero-order valence-corrected chi connectivity index (χ0v) is 22.4. The molecule has 17 heteroatoms. The second kappa shape index (κ2) is 12.9. The summed E-state index contributed by atoms with van der Waals surface area (Å²) in [6, 6.07) is -2.33. The van der Waals surface area contributed by atoms with Crippen LogP contribution < -0.4 is 34.0 Å². The van der Waals surface area contributed by atoms with Crippen LogP contribution in [-0.2, 0) is 23.7 Å². The summed E-state index contributed by atoms with van der Waals surface area (Å²) in [5.41, 5.74) is 27.8.